The highest BCUT2D eigenvalue weighted by Crippen LogP contribution is 2.16. The lowest BCUT2D eigenvalue weighted by Crippen LogP contribution is -2.37. The van der Waals surface area contributed by atoms with E-state index >= 15 is 0 Å². The zero-order valence-corrected chi connectivity index (χ0v) is 19.8. The van der Waals surface area contributed by atoms with Crippen molar-refractivity contribution in [2.45, 2.75) is 24.8 Å². The summed E-state index contributed by atoms with van der Waals surface area (Å²) in [6.45, 7) is 3.10. The highest BCUT2D eigenvalue weighted by molar-refractivity contribution is 14.0. The number of guanidine groups is 1. The van der Waals surface area contributed by atoms with E-state index in [2.05, 4.69) is 21.7 Å². The Morgan fingerprint density at radius 2 is 1.86 bits per heavy atom. The highest BCUT2D eigenvalue weighted by atomic mass is 127. The van der Waals surface area contributed by atoms with Crippen molar-refractivity contribution in [2.24, 2.45) is 4.99 Å². The molecule has 0 fully saturated rings. The van der Waals surface area contributed by atoms with E-state index in [4.69, 9.17) is 4.74 Å². The summed E-state index contributed by atoms with van der Waals surface area (Å²) >= 11 is 0. The third-order valence-electron chi connectivity index (χ3n) is 4.16. The third kappa shape index (κ3) is 7.31. The predicted molar refractivity (Wildman–Crippen MR) is 125 cm³/mol. The first-order valence-corrected chi connectivity index (χ1v) is 10.6. The standard InChI is InChI=1S/C20H27N3O3S.HI/c1-15-12-17(8-9-19(15)27(4,24)25)14-23-20(21-2)22-11-10-16-6-5-7-18(13-16)26-3;/h5-9,12-13H,10-11,14H2,1-4H3,(H2,21,22,23);1H. The fourth-order valence-corrected chi connectivity index (χ4v) is 3.76. The quantitative estimate of drug-likeness (QED) is 0.336. The molecule has 0 amide bonds. The predicted octanol–water partition coefficient (Wildman–Crippen LogP) is 2.93. The lowest BCUT2D eigenvalue weighted by molar-refractivity contribution is 0.414. The van der Waals surface area contributed by atoms with E-state index in [1.807, 2.05) is 30.3 Å². The minimum atomic E-state index is -3.20. The van der Waals surface area contributed by atoms with Gasteiger partial charge in [-0.2, -0.15) is 0 Å². The molecule has 0 atom stereocenters. The van der Waals surface area contributed by atoms with E-state index in [0.717, 1.165) is 29.8 Å². The van der Waals surface area contributed by atoms with Crippen molar-refractivity contribution >= 4 is 39.8 Å². The van der Waals surface area contributed by atoms with Crippen molar-refractivity contribution in [3.63, 3.8) is 0 Å². The van der Waals surface area contributed by atoms with Crippen LogP contribution in [0, 0.1) is 6.92 Å². The second-order valence-corrected chi connectivity index (χ2v) is 8.31. The van der Waals surface area contributed by atoms with Gasteiger partial charge in [0.2, 0.25) is 0 Å². The molecule has 0 radical (unpaired) electrons. The molecule has 154 valence electrons. The maximum atomic E-state index is 11.7. The summed E-state index contributed by atoms with van der Waals surface area (Å²) in [4.78, 5) is 4.59. The van der Waals surface area contributed by atoms with Gasteiger partial charge in [0.25, 0.3) is 0 Å². The molecular formula is C20H28IN3O3S. The van der Waals surface area contributed by atoms with E-state index in [-0.39, 0.29) is 24.0 Å². The number of aliphatic imine (C=N–C) groups is 1. The van der Waals surface area contributed by atoms with Gasteiger partial charge in [0.05, 0.1) is 12.0 Å². The van der Waals surface area contributed by atoms with Crippen molar-refractivity contribution in [2.75, 3.05) is 27.0 Å². The lowest BCUT2D eigenvalue weighted by atomic mass is 10.1. The van der Waals surface area contributed by atoms with Gasteiger partial charge in [-0.1, -0.05) is 24.3 Å². The molecule has 0 aliphatic rings. The van der Waals surface area contributed by atoms with Crippen LogP contribution in [0.2, 0.25) is 0 Å². The molecule has 0 saturated heterocycles. The molecule has 0 spiro atoms. The van der Waals surface area contributed by atoms with Crippen molar-refractivity contribution in [3.8, 4) is 5.75 Å². The van der Waals surface area contributed by atoms with Crippen molar-refractivity contribution < 1.29 is 13.2 Å². The van der Waals surface area contributed by atoms with Gasteiger partial charge in [-0.05, 0) is 48.2 Å². The Bertz CT molecular complexity index is 915. The average Bonchev–Trinajstić information content (AvgIpc) is 2.63. The van der Waals surface area contributed by atoms with Crippen LogP contribution in [0.4, 0.5) is 0 Å². The number of methoxy groups -OCH3 is 1. The van der Waals surface area contributed by atoms with Gasteiger partial charge in [-0.15, -0.1) is 24.0 Å². The monoisotopic (exact) mass is 517 g/mol. The number of rotatable bonds is 7. The molecule has 0 saturated carbocycles. The molecule has 2 aromatic carbocycles. The zero-order valence-electron chi connectivity index (χ0n) is 16.7. The fourth-order valence-electron chi connectivity index (χ4n) is 2.80. The zero-order chi connectivity index (χ0) is 19.9. The number of hydrogen-bond acceptors (Lipinski definition) is 4. The normalized spacial score (nSPS) is 11.5. The largest absolute Gasteiger partial charge is 0.497 e. The van der Waals surface area contributed by atoms with Gasteiger partial charge < -0.3 is 15.4 Å². The molecule has 0 aromatic heterocycles. The second-order valence-electron chi connectivity index (χ2n) is 6.33. The van der Waals surface area contributed by atoms with Gasteiger partial charge in [0.15, 0.2) is 15.8 Å². The maximum Gasteiger partial charge on any atom is 0.191 e. The number of halogens is 1. The first-order chi connectivity index (χ1) is 12.8. The topological polar surface area (TPSA) is 79.8 Å². The molecule has 0 unspecified atom stereocenters. The molecule has 2 rings (SSSR count). The number of sulfone groups is 1. The lowest BCUT2D eigenvalue weighted by Gasteiger charge is -2.13. The minimum Gasteiger partial charge on any atom is -0.497 e. The van der Waals surface area contributed by atoms with Gasteiger partial charge in [-0.3, -0.25) is 4.99 Å². The van der Waals surface area contributed by atoms with Gasteiger partial charge in [0, 0.05) is 26.4 Å². The summed E-state index contributed by atoms with van der Waals surface area (Å²) in [5, 5.41) is 6.52. The van der Waals surface area contributed by atoms with Crippen molar-refractivity contribution in [1.82, 2.24) is 10.6 Å². The SMILES string of the molecule is CN=C(NCCc1cccc(OC)c1)NCc1ccc(S(C)(=O)=O)c(C)c1.I. The molecule has 6 nitrogen and oxygen atoms in total. The number of ether oxygens (including phenoxy) is 1. The molecule has 2 aromatic rings. The van der Waals surface area contributed by atoms with Crippen LogP contribution in [0.5, 0.6) is 5.75 Å². The van der Waals surface area contributed by atoms with Gasteiger partial charge in [0.1, 0.15) is 5.75 Å². The third-order valence-corrected chi connectivity index (χ3v) is 5.42. The molecule has 2 N–H and O–H groups in total. The first kappa shape index (κ1) is 24.2. The molecule has 0 aliphatic heterocycles. The van der Waals surface area contributed by atoms with Crippen LogP contribution < -0.4 is 15.4 Å². The van der Waals surface area contributed by atoms with Crippen LogP contribution in [0.1, 0.15) is 16.7 Å². The summed E-state index contributed by atoms with van der Waals surface area (Å²) < 4.78 is 28.6. The highest BCUT2D eigenvalue weighted by Gasteiger charge is 2.11. The van der Waals surface area contributed by atoms with Crippen molar-refractivity contribution in [3.05, 3.63) is 59.2 Å². The Hall–Kier alpha value is -1.81. The fraction of sp³-hybridized carbons (Fsp3) is 0.350. The minimum absolute atomic E-state index is 0. The number of aryl methyl sites for hydroxylation is 1. The molecule has 0 aliphatic carbocycles. The van der Waals surface area contributed by atoms with E-state index in [1.54, 1.807) is 27.1 Å². The Balaban J connectivity index is 0.00000392. The summed E-state index contributed by atoms with van der Waals surface area (Å²) in [6.07, 6.45) is 2.07. The van der Waals surface area contributed by atoms with E-state index in [9.17, 15) is 8.42 Å². The van der Waals surface area contributed by atoms with Gasteiger partial charge in [-0.25, -0.2) is 8.42 Å². The number of nitrogens with zero attached hydrogens (tertiary/aromatic N) is 1. The van der Waals surface area contributed by atoms with Crippen LogP contribution in [0.15, 0.2) is 52.4 Å². The maximum absolute atomic E-state index is 11.7. The number of benzene rings is 2. The Morgan fingerprint density at radius 3 is 2.46 bits per heavy atom. The van der Waals surface area contributed by atoms with Crippen LogP contribution in [0.25, 0.3) is 0 Å². The molecule has 0 bridgehead atoms. The Labute approximate surface area is 184 Å². The number of nitrogens with one attached hydrogen (secondary N) is 2. The average molecular weight is 517 g/mol. The first-order valence-electron chi connectivity index (χ1n) is 8.70. The smallest absolute Gasteiger partial charge is 0.191 e. The van der Waals surface area contributed by atoms with Crippen LogP contribution in [-0.2, 0) is 22.8 Å². The summed E-state index contributed by atoms with van der Waals surface area (Å²) in [5.41, 5.74) is 2.93. The number of hydrogen-bond donors (Lipinski definition) is 2. The summed E-state index contributed by atoms with van der Waals surface area (Å²) in [5.74, 6) is 1.55. The molecular weight excluding hydrogens is 489 g/mol. The van der Waals surface area contributed by atoms with Crippen LogP contribution >= 0.6 is 24.0 Å². The van der Waals surface area contributed by atoms with E-state index in [1.165, 1.54) is 11.8 Å². The van der Waals surface area contributed by atoms with Gasteiger partial charge >= 0.3 is 0 Å². The second kappa shape index (κ2) is 11.3. The van der Waals surface area contributed by atoms with Crippen molar-refractivity contribution in [1.29, 1.82) is 0 Å². The Kier molecular flexibility index (Phi) is 9.74. The van der Waals surface area contributed by atoms with E-state index in [0.29, 0.717) is 17.4 Å². The van der Waals surface area contributed by atoms with Crippen LogP contribution in [-0.4, -0.2) is 41.3 Å². The molecule has 28 heavy (non-hydrogen) atoms. The molecule has 0 heterocycles. The molecule has 8 heteroatoms. The Morgan fingerprint density at radius 1 is 1.11 bits per heavy atom. The summed E-state index contributed by atoms with van der Waals surface area (Å²) in [7, 11) is 0.186. The summed E-state index contributed by atoms with van der Waals surface area (Å²) in [6, 6.07) is 13.3. The van der Waals surface area contributed by atoms with E-state index < -0.39 is 9.84 Å². The van der Waals surface area contributed by atoms with Crippen LogP contribution in [0.3, 0.4) is 0 Å².